The first-order valence-corrected chi connectivity index (χ1v) is 24.8. The Morgan fingerprint density at radius 2 is 1.28 bits per heavy atom. The van der Waals surface area contributed by atoms with E-state index in [1.165, 1.54) is 72.1 Å². The minimum absolute atomic E-state index is 0. The maximum atomic E-state index is 12.1. The maximum Gasteiger partial charge on any atom is 0.407 e. The zero-order valence-corrected chi connectivity index (χ0v) is 41.0. The topological polar surface area (TPSA) is 131 Å². The van der Waals surface area contributed by atoms with Crippen LogP contribution in [0.25, 0.3) is 31.6 Å². The molecule has 10 rings (SSSR count). The number of thiophene rings is 2. The first kappa shape index (κ1) is 46.9. The van der Waals surface area contributed by atoms with Crippen LogP contribution in [0.3, 0.4) is 0 Å². The summed E-state index contributed by atoms with van der Waals surface area (Å²) in [5.41, 5.74) is 3.05. The second kappa shape index (κ2) is 20.5. The van der Waals surface area contributed by atoms with Gasteiger partial charge in [0, 0.05) is 66.3 Å². The number of methoxy groups -OCH3 is 1. The van der Waals surface area contributed by atoms with Gasteiger partial charge in [-0.3, -0.25) is 4.98 Å². The van der Waals surface area contributed by atoms with Crippen LogP contribution < -0.4 is 25.2 Å². The van der Waals surface area contributed by atoms with E-state index in [4.69, 9.17) is 14.5 Å². The highest BCUT2D eigenvalue weighted by atomic mass is 35.5. The number of fused-ring (bicyclic) bond motifs is 2. The van der Waals surface area contributed by atoms with Crippen LogP contribution in [0.1, 0.15) is 100 Å². The van der Waals surface area contributed by atoms with E-state index in [9.17, 15) is 4.79 Å². The van der Waals surface area contributed by atoms with Crippen LogP contribution >= 0.6 is 35.1 Å². The molecule has 0 bridgehead atoms. The SMILES string of the molecule is CN(c1ncnc2sc(CC3CC3)cc12)[C@@H]1CC[C@H](NC(=O)OC(C)(C)C)C1.COc1cncc(-c2ccc(CN[C@H]3CC[C@@H](N(C)c4ncnc5sc(CC6CC6)cc45)C3)cc2)c1.Cl. The number of benzene rings is 1. The highest BCUT2D eigenvalue weighted by Crippen LogP contribution is 2.40. The summed E-state index contributed by atoms with van der Waals surface area (Å²) >= 11 is 3.65. The molecule has 0 saturated heterocycles. The quantitative estimate of drug-likeness (QED) is 0.108. The number of ether oxygens (including phenoxy) is 2. The lowest BCUT2D eigenvalue weighted by atomic mass is 10.1. The average molecular weight is 939 g/mol. The third-order valence-electron chi connectivity index (χ3n) is 13.2. The third-order valence-corrected chi connectivity index (χ3v) is 15.3. The Balaban J connectivity index is 0.000000180. The molecule has 4 saturated carbocycles. The van der Waals surface area contributed by atoms with Crippen molar-refractivity contribution in [2.24, 2.45) is 11.8 Å². The molecule has 15 heteroatoms. The Kier molecular flexibility index (Phi) is 14.8. The first-order valence-electron chi connectivity index (χ1n) is 23.2. The van der Waals surface area contributed by atoms with Crippen molar-refractivity contribution in [3.05, 3.63) is 82.8 Å². The number of carbonyl (C=O) groups excluding carboxylic acids is 1. The summed E-state index contributed by atoms with van der Waals surface area (Å²) in [4.78, 5) is 44.5. The lowest BCUT2D eigenvalue weighted by Gasteiger charge is -2.26. The van der Waals surface area contributed by atoms with Gasteiger partial charge < -0.3 is 29.9 Å². The van der Waals surface area contributed by atoms with Gasteiger partial charge in [0.05, 0.1) is 24.1 Å². The summed E-state index contributed by atoms with van der Waals surface area (Å²) < 4.78 is 10.7. The minimum atomic E-state index is -0.470. The fourth-order valence-electron chi connectivity index (χ4n) is 9.28. The van der Waals surface area contributed by atoms with Gasteiger partial charge in [0.2, 0.25) is 0 Å². The Hall–Kier alpha value is -4.63. The van der Waals surface area contributed by atoms with Gasteiger partial charge in [0.15, 0.2) is 0 Å². The molecule has 65 heavy (non-hydrogen) atoms. The molecule has 6 aromatic rings. The molecule has 346 valence electrons. The van der Waals surface area contributed by atoms with Crippen LogP contribution in [0, 0.1) is 11.8 Å². The summed E-state index contributed by atoms with van der Waals surface area (Å²) in [5, 5.41) is 9.20. The van der Waals surface area contributed by atoms with Crippen molar-refractivity contribution in [2.45, 2.75) is 134 Å². The van der Waals surface area contributed by atoms with Crippen molar-refractivity contribution in [1.82, 2.24) is 35.6 Å². The highest BCUT2D eigenvalue weighted by Gasteiger charge is 2.33. The predicted molar refractivity (Wildman–Crippen MR) is 267 cm³/mol. The minimum Gasteiger partial charge on any atom is -0.495 e. The number of hydrogen-bond donors (Lipinski definition) is 2. The number of halogens is 1. The van der Waals surface area contributed by atoms with Gasteiger partial charge in [-0.15, -0.1) is 35.1 Å². The molecule has 5 aromatic heterocycles. The number of nitrogens with zero attached hydrogens (tertiary/aromatic N) is 7. The summed E-state index contributed by atoms with van der Waals surface area (Å²) in [7, 11) is 5.99. The van der Waals surface area contributed by atoms with Crippen LogP contribution in [0.15, 0.2) is 67.5 Å². The number of nitrogens with one attached hydrogen (secondary N) is 2. The summed E-state index contributed by atoms with van der Waals surface area (Å²) in [6.07, 6.45) is 21.0. The lowest BCUT2D eigenvalue weighted by molar-refractivity contribution is 0.0505. The maximum absolute atomic E-state index is 12.1. The van der Waals surface area contributed by atoms with Crippen molar-refractivity contribution < 1.29 is 14.3 Å². The first-order chi connectivity index (χ1) is 30.9. The Morgan fingerprint density at radius 1 is 0.723 bits per heavy atom. The molecule has 0 spiro atoms. The number of alkyl carbamates (subject to hydrolysis) is 1. The molecule has 0 radical (unpaired) electrons. The smallest absolute Gasteiger partial charge is 0.407 e. The molecular weight excluding hydrogens is 874 g/mol. The Morgan fingerprint density at radius 3 is 1.82 bits per heavy atom. The van der Waals surface area contributed by atoms with E-state index in [-0.39, 0.29) is 24.5 Å². The van der Waals surface area contributed by atoms with Gasteiger partial charge >= 0.3 is 6.09 Å². The van der Waals surface area contributed by atoms with Crippen molar-refractivity contribution in [3.8, 4) is 16.9 Å². The van der Waals surface area contributed by atoms with Crippen molar-refractivity contribution >= 4 is 73.2 Å². The fraction of sp³-hybridized carbons (Fsp3) is 0.520. The van der Waals surface area contributed by atoms with Gasteiger partial charge in [-0.05, 0) is 139 Å². The van der Waals surface area contributed by atoms with Crippen LogP contribution in [-0.2, 0) is 24.1 Å². The Bertz CT molecular complexity index is 2540. The fourth-order valence-corrected chi connectivity index (χ4v) is 11.5. The molecular formula is C50H64ClN9O3S2. The molecule has 4 atom stereocenters. The van der Waals surface area contributed by atoms with Gasteiger partial charge in [0.1, 0.15) is 45.3 Å². The highest BCUT2D eigenvalue weighted by molar-refractivity contribution is 7.19. The predicted octanol–water partition coefficient (Wildman–Crippen LogP) is 10.8. The van der Waals surface area contributed by atoms with E-state index in [2.05, 4.69) is 90.9 Å². The largest absolute Gasteiger partial charge is 0.495 e. The second-order valence-electron chi connectivity index (χ2n) is 19.4. The molecule has 4 aliphatic carbocycles. The number of anilines is 2. The zero-order chi connectivity index (χ0) is 44.4. The number of hydrogen-bond acceptors (Lipinski definition) is 13. The molecule has 0 unspecified atom stereocenters. The standard InChI is InChI=1S/C29H33N5OS.C21H30N4O2S.ClH/c1-34(28-27-14-26(11-19-3-4-19)36-29(27)33-18-32-28)24-10-9-23(13-24)31-15-20-5-7-21(8-6-20)22-12-25(35-2)17-30-16-22;1-21(2,3)27-20(26)24-14-7-8-15(10-14)25(4)18-17-11-16(9-13-5-6-13)28-19(17)23-12-22-18;/h5-8,12,14,16-19,23-24,31H,3-4,9-11,13,15H2,1-2H3;11-15H,5-10H2,1-4H3,(H,24,26);1H/t23-,24+;14-,15+;/m00./s1. The van der Waals surface area contributed by atoms with Crippen LogP contribution in [0.4, 0.5) is 16.4 Å². The van der Waals surface area contributed by atoms with Gasteiger partial charge in [-0.25, -0.2) is 24.7 Å². The van der Waals surface area contributed by atoms with Crippen LogP contribution in [-0.4, -0.2) is 82.0 Å². The third kappa shape index (κ3) is 12.0. The normalized spacial score (nSPS) is 20.5. The number of carbonyl (C=O) groups is 1. The molecule has 4 aliphatic rings. The molecule has 0 aliphatic heterocycles. The van der Waals surface area contributed by atoms with E-state index >= 15 is 0 Å². The molecule has 12 nitrogen and oxygen atoms in total. The Labute approximate surface area is 397 Å². The molecule has 4 fully saturated rings. The average Bonchev–Trinajstić information content (AvgIpc) is 4.02. The molecule has 5 heterocycles. The van der Waals surface area contributed by atoms with E-state index < -0.39 is 5.60 Å². The van der Waals surface area contributed by atoms with Gasteiger partial charge in [-0.2, -0.15) is 0 Å². The van der Waals surface area contributed by atoms with Crippen LogP contribution in [0.5, 0.6) is 5.75 Å². The summed E-state index contributed by atoms with van der Waals surface area (Å²) in [6, 6.07) is 16.9. The van der Waals surface area contributed by atoms with Gasteiger partial charge in [-0.1, -0.05) is 24.3 Å². The second-order valence-corrected chi connectivity index (χ2v) is 21.7. The van der Waals surface area contributed by atoms with E-state index in [0.29, 0.717) is 18.1 Å². The molecule has 2 N–H and O–H groups in total. The van der Waals surface area contributed by atoms with Crippen molar-refractivity contribution in [2.75, 3.05) is 31.0 Å². The van der Waals surface area contributed by atoms with Crippen molar-refractivity contribution in [1.29, 1.82) is 0 Å². The summed E-state index contributed by atoms with van der Waals surface area (Å²) in [5.74, 6) is 4.64. The number of pyridine rings is 1. The number of aromatic nitrogens is 5. The molecule has 1 aromatic carbocycles. The lowest BCUT2D eigenvalue weighted by Crippen LogP contribution is -2.39. The van der Waals surface area contributed by atoms with Gasteiger partial charge in [0.25, 0.3) is 0 Å². The van der Waals surface area contributed by atoms with E-state index in [1.807, 2.05) is 44.4 Å². The van der Waals surface area contributed by atoms with E-state index in [1.54, 1.807) is 37.3 Å². The van der Waals surface area contributed by atoms with Crippen LogP contribution in [0.2, 0.25) is 0 Å². The molecule has 1 amide bonds. The monoisotopic (exact) mass is 937 g/mol. The number of rotatable bonds is 14. The zero-order valence-electron chi connectivity index (χ0n) is 38.6. The van der Waals surface area contributed by atoms with E-state index in [0.717, 1.165) is 87.6 Å². The number of amides is 1. The van der Waals surface area contributed by atoms with Crippen molar-refractivity contribution in [3.63, 3.8) is 0 Å². The summed E-state index contributed by atoms with van der Waals surface area (Å²) in [6.45, 7) is 6.54.